The highest BCUT2D eigenvalue weighted by atomic mass is 19.1. The largest absolute Gasteiger partial charge is 0.478 e. The minimum absolute atomic E-state index is 0.0456. The summed E-state index contributed by atoms with van der Waals surface area (Å²) in [4.78, 5) is 20.6. The highest BCUT2D eigenvalue weighted by molar-refractivity contribution is 5.92. The molecule has 1 aliphatic rings. The maximum atomic E-state index is 15.6. The lowest BCUT2D eigenvalue weighted by molar-refractivity contribution is 0.0697. The summed E-state index contributed by atoms with van der Waals surface area (Å²) in [6, 6.07) is 17.1. The van der Waals surface area contributed by atoms with E-state index < -0.39 is 23.4 Å². The molecule has 0 amide bonds. The molecule has 222 valence electrons. The third-order valence-electron chi connectivity index (χ3n) is 7.71. The van der Waals surface area contributed by atoms with Gasteiger partial charge in [0, 0.05) is 29.5 Å². The van der Waals surface area contributed by atoms with Crippen LogP contribution in [0.5, 0.6) is 5.88 Å². The van der Waals surface area contributed by atoms with Crippen LogP contribution in [0.4, 0.5) is 13.2 Å². The highest BCUT2D eigenvalue weighted by Gasteiger charge is 2.30. The normalized spacial score (nSPS) is 16.2. The van der Waals surface area contributed by atoms with Crippen LogP contribution in [0.15, 0.2) is 66.7 Å². The summed E-state index contributed by atoms with van der Waals surface area (Å²) < 4.78 is 58.4. The van der Waals surface area contributed by atoms with Gasteiger partial charge in [0.15, 0.2) is 0 Å². The number of halogens is 3. The number of carboxylic acids is 1. The first kappa shape index (κ1) is 28.9. The molecule has 0 aliphatic carbocycles. The van der Waals surface area contributed by atoms with Crippen molar-refractivity contribution in [2.45, 2.75) is 26.0 Å². The molecule has 1 fully saturated rings. The predicted molar refractivity (Wildman–Crippen MR) is 154 cm³/mol. The Hall–Kier alpha value is -5.21. The third-order valence-corrected chi connectivity index (χ3v) is 7.71. The van der Waals surface area contributed by atoms with Crippen LogP contribution in [-0.2, 0) is 17.8 Å². The summed E-state index contributed by atoms with van der Waals surface area (Å²) >= 11 is 0. The van der Waals surface area contributed by atoms with Crippen molar-refractivity contribution in [3.63, 3.8) is 0 Å². The zero-order valence-electron chi connectivity index (χ0n) is 23.4. The average Bonchev–Trinajstić information content (AvgIpc) is 3.59. The quantitative estimate of drug-likeness (QED) is 0.218. The van der Waals surface area contributed by atoms with Crippen LogP contribution >= 0.6 is 0 Å². The number of hydrogen-bond acceptors (Lipinski definition) is 6. The van der Waals surface area contributed by atoms with Gasteiger partial charge < -0.3 is 19.1 Å². The molecular weight excluding hydrogens is 573 g/mol. The Morgan fingerprint density at radius 2 is 1.84 bits per heavy atom. The first-order valence-corrected chi connectivity index (χ1v) is 13.8. The molecule has 3 aromatic carbocycles. The van der Waals surface area contributed by atoms with Crippen molar-refractivity contribution in [3.8, 4) is 23.2 Å². The van der Waals surface area contributed by atoms with Gasteiger partial charge in [-0.1, -0.05) is 19.1 Å². The van der Waals surface area contributed by atoms with Gasteiger partial charge in [-0.2, -0.15) is 5.26 Å². The summed E-state index contributed by atoms with van der Waals surface area (Å²) in [5.74, 6) is -2.43. The average molecular weight is 599 g/mol. The SMILES string of the molecule is C[C@H]1COC[C@H]1n1c(Cc2cc(F)c(-c3cccc(OCc4ccc(C#N)cc4F)n3)cc2F)nc2ccc(C(=O)O)cc21. The number of aromatic carboxylic acids is 1. The van der Waals surface area contributed by atoms with E-state index in [0.717, 1.165) is 18.2 Å². The molecule has 3 heterocycles. The van der Waals surface area contributed by atoms with E-state index in [1.54, 1.807) is 12.1 Å². The number of fused-ring (bicyclic) bond motifs is 1. The fourth-order valence-electron chi connectivity index (χ4n) is 5.37. The second-order valence-electron chi connectivity index (χ2n) is 10.7. The predicted octanol–water partition coefficient (Wildman–Crippen LogP) is 6.46. The molecule has 44 heavy (non-hydrogen) atoms. The molecule has 11 heteroatoms. The van der Waals surface area contributed by atoms with E-state index in [4.69, 9.17) is 14.7 Å². The van der Waals surface area contributed by atoms with Gasteiger partial charge in [-0.15, -0.1) is 0 Å². The summed E-state index contributed by atoms with van der Waals surface area (Å²) in [6.45, 7) is 2.73. The molecule has 8 nitrogen and oxygen atoms in total. The summed E-state index contributed by atoms with van der Waals surface area (Å²) in [7, 11) is 0. The monoisotopic (exact) mass is 598 g/mol. The fraction of sp³-hybridized carbons (Fsp3) is 0.212. The Morgan fingerprint density at radius 3 is 2.57 bits per heavy atom. The van der Waals surface area contributed by atoms with Crippen LogP contribution in [0.1, 0.15) is 45.8 Å². The van der Waals surface area contributed by atoms with E-state index in [9.17, 15) is 14.3 Å². The van der Waals surface area contributed by atoms with Crippen LogP contribution in [0.2, 0.25) is 0 Å². The van der Waals surface area contributed by atoms with Gasteiger partial charge >= 0.3 is 5.97 Å². The van der Waals surface area contributed by atoms with Gasteiger partial charge in [0.2, 0.25) is 5.88 Å². The molecule has 0 unspecified atom stereocenters. The molecule has 1 saturated heterocycles. The van der Waals surface area contributed by atoms with Gasteiger partial charge in [-0.25, -0.2) is 27.9 Å². The topological polar surface area (TPSA) is 110 Å². The van der Waals surface area contributed by atoms with Crippen molar-refractivity contribution in [2.75, 3.05) is 13.2 Å². The van der Waals surface area contributed by atoms with Crippen LogP contribution in [0.25, 0.3) is 22.3 Å². The minimum atomic E-state index is -1.08. The molecular formula is C33H25F3N4O4. The smallest absolute Gasteiger partial charge is 0.335 e. The number of carboxylic acid groups (broad SMARTS) is 1. The summed E-state index contributed by atoms with van der Waals surface area (Å²) in [5, 5.41) is 18.4. The molecule has 1 N–H and O–H groups in total. The van der Waals surface area contributed by atoms with E-state index in [1.807, 2.05) is 17.6 Å². The Balaban J connectivity index is 1.29. The number of nitrogens with zero attached hydrogens (tertiary/aromatic N) is 4. The van der Waals surface area contributed by atoms with Gasteiger partial charge in [0.25, 0.3) is 0 Å². The van der Waals surface area contributed by atoms with Gasteiger partial charge in [0.1, 0.15) is 29.9 Å². The van der Waals surface area contributed by atoms with Gasteiger partial charge in [0.05, 0.1) is 53.2 Å². The lowest BCUT2D eigenvalue weighted by Gasteiger charge is -2.20. The van der Waals surface area contributed by atoms with E-state index in [1.165, 1.54) is 36.4 Å². The molecule has 0 saturated carbocycles. The number of pyridine rings is 1. The molecule has 0 radical (unpaired) electrons. The molecule has 6 rings (SSSR count). The van der Waals surface area contributed by atoms with Crippen molar-refractivity contribution >= 4 is 17.0 Å². The van der Waals surface area contributed by atoms with Crippen LogP contribution < -0.4 is 4.74 Å². The fourth-order valence-corrected chi connectivity index (χ4v) is 5.37. The summed E-state index contributed by atoms with van der Waals surface area (Å²) in [6.07, 6.45) is -0.0456. The maximum absolute atomic E-state index is 15.6. The zero-order valence-corrected chi connectivity index (χ0v) is 23.4. The lowest BCUT2D eigenvalue weighted by Crippen LogP contribution is -2.18. The van der Waals surface area contributed by atoms with Crippen LogP contribution in [0, 0.1) is 34.7 Å². The zero-order chi connectivity index (χ0) is 31.0. The second-order valence-corrected chi connectivity index (χ2v) is 10.7. The molecule has 1 aliphatic heterocycles. The Labute approximate surface area is 249 Å². The van der Waals surface area contributed by atoms with E-state index in [-0.39, 0.29) is 64.4 Å². The van der Waals surface area contributed by atoms with Crippen molar-refractivity contribution in [2.24, 2.45) is 5.92 Å². The van der Waals surface area contributed by atoms with Crippen LogP contribution in [0.3, 0.4) is 0 Å². The van der Waals surface area contributed by atoms with Gasteiger partial charge in [-0.05, 0) is 54.1 Å². The standard InChI is InChI=1S/C33H25F3N4O4/c1-18-15-43-17-30(18)40-29-11-20(33(41)42)7-8-28(29)38-31(40)12-22-10-26(36)23(13-25(22)35)27-3-2-4-32(39-27)44-16-21-6-5-19(14-37)9-24(21)34/h2-11,13,18,30H,12,15-17H2,1H3,(H,41,42)/t18-,30+/m0/s1. The van der Waals surface area contributed by atoms with Crippen LogP contribution in [-0.4, -0.2) is 38.8 Å². The Morgan fingerprint density at radius 1 is 1.02 bits per heavy atom. The van der Waals surface area contributed by atoms with Crippen molar-refractivity contribution in [1.29, 1.82) is 5.26 Å². The van der Waals surface area contributed by atoms with Gasteiger partial charge in [-0.3, -0.25) is 0 Å². The number of ether oxygens (including phenoxy) is 2. The maximum Gasteiger partial charge on any atom is 0.335 e. The molecule has 2 aromatic heterocycles. The number of rotatable bonds is 8. The lowest BCUT2D eigenvalue weighted by atomic mass is 10.0. The summed E-state index contributed by atoms with van der Waals surface area (Å²) in [5.41, 5.74) is 1.72. The molecule has 0 spiro atoms. The third kappa shape index (κ3) is 5.59. The minimum Gasteiger partial charge on any atom is -0.478 e. The molecule has 2 atom stereocenters. The Kier molecular flexibility index (Phi) is 7.76. The highest BCUT2D eigenvalue weighted by Crippen LogP contribution is 2.33. The number of hydrogen-bond donors (Lipinski definition) is 1. The molecule has 0 bridgehead atoms. The first-order valence-electron chi connectivity index (χ1n) is 13.8. The number of nitriles is 1. The second kappa shape index (κ2) is 11.8. The van der Waals surface area contributed by atoms with E-state index >= 15 is 8.78 Å². The van der Waals surface area contributed by atoms with Crippen molar-refractivity contribution in [3.05, 3.63) is 112 Å². The number of imidazole rings is 1. The van der Waals surface area contributed by atoms with E-state index in [2.05, 4.69) is 9.97 Å². The molecule has 5 aromatic rings. The number of benzene rings is 3. The van der Waals surface area contributed by atoms with Crippen molar-refractivity contribution < 1.29 is 32.5 Å². The number of aromatic nitrogens is 3. The van der Waals surface area contributed by atoms with Crippen molar-refractivity contribution in [1.82, 2.24) is 14.5 Å². The Bertz CT molecular complexity index is 1950. The number of carbonyl (C=O) groups is 1. The first-order chi connectivity index (χ1) is 21.2. The van der Waals surface area contributed by atoms with E-state index in [0.29, 0.717) is 30.1 Å².